The second-order valence-electron chi connectivity index (χ2n) is 7.25. The maximum absolute atomic E-state index is 13.2. The lowest BCUT2D eigenvalue weighted by Gasteiger charge is -2.25. The van der Waals surface area contributed by atoms with Crippen LogP contribution < -0.4 is 18.5 Å². The number of sulfonamides is 1. The zero-order valence-electron chi connectivity index (χ0n) is 18.9. The fourth-order valence-electron chi connectivity index (χ4n) is 3.19. The molecule has 32 heavy (non-hydrogen) atoms. The summed E-state index contributed by atoms with van der Waals surface area (Å²) in [5, 5.41) is 8.05. The summed E-state index contributed by atoms with van der Waals surface area (Å²) in [5.41, 5.74) is 1.66. The molecule has 172 valence electrons. The molecule has 0 heterocycles. The van der Waals surface area contributed by atoms with Crippen molar-refractivity contribution in [1.29, 1.82) is 5.26 Å². The molecular formula is C23H28N2O6S. The molecular weight excluding hydrogens is 432 g/mol. The molecule has 0 atom stereocenters. The average molecular weight is 461 g/mol. The summed E-state index contributed by atoms with van der Waals surface area (Å²) in [6, 6.07) is 11.9. The Morgan fingerprint density at radius 3 is 2.12 bits per heavy atom. The topological polar surface area (TPSA) is 106 Å². The van der Waals surface area contributed by atoms with Crippen LogP contribution in [0.5, 0.6) is 17.2 Å². The molecule has 0 saturated heterocycles. The van der Waals surface area contributed by atoms with E-state index in [0.717, 1.165) is 9.87 Å². The largest absolute Gasteiger partial charge is 0.493 e. The predicted molar refractivity (Wildman–Crippen MR) is 122 cm³/mol. The number of nitriles is 1. The first kappa shape index (κ1) is 25.0. The van der Waals surface area contributed by atoms with Gasteiger partial charge in [-0.05, 0) is 49.6 Å². The Balaban J connectivity index is 2.37. The van der Waals surface area contributed by atoms with Crippen molar-refractivity contribution in [2.45, 2.75) is 38.4 Å². The van der Waals surface area contributed by atoms with Crippen molar-refractivity contribution < 1.29 is 27.4 Å². The second-order valence-corrected chi connectivity index (χ2v) is 9.58. The molecule has 0 aromatic heterocycles. The van der Waals surface area contributed by atoms with Crippen molar-refractivity contribution in [3.05, 3.63) is 47.5 Å². The third kappa shape index (κ3) is 5.32. The number of nitrogens with zero attached hydrogens (tertiary/aromatic N) is 2. The van der Waals surface area contributed by atoms with Crippen molar-refractivity contribution >= 4 is 21.6 Å². The Kier molecular flexibility index (Phi) is 8.49. The minimum Gasteiger partial charge on any atom is -0.493 e. The number of carbonyl (C=O) groups is 1. The van der Waals surface area contributed by atoms with Gasteiger partial charge in [0.15, 0.2) is 11.5 Å². The SMILES string of the molecule is COc1ccc(CCC(=O)N(c2ccc(CC#N)cc2)S(=O)(=O)C(C)C)c(OC)c1OC. The van der Waals surface area contributed by atoms with Gasteiger partial charge in [0.1, 0.15) is 0 Å². The van der Waals surface area contributed by atoms with Crippen LogP contribution in [0.2, 0.25) is 0 Å². The van der Waals surface area contributed by atoms with E-state index in [0.29, 0.717) is 22.8 Å². The van der Waals surface area contributed by atoms with E-state index in [2.05, 4.69) is 0 Å². The van der Waals surface area contributed by atoms with E-state index >= 15 is 0 Å². The number of carbonyl (C=O) groups excluding carboxylic acids is 1. The fourth-order valence-corrected chi connectivity index (χ4v) is 4.40. The lowest BCUT2D eigenvalue weighted by Crippen LogP contribution is -2.41. The van der Waals surface area contributed by atoms with Crippen LogP contribution in [0.25, 0.3) is 0 Å². The highest BCUT2D eigenvalue weighted by Crippen LogP contribution is 2.40. The number of methoxy groups -OCH3 is 3. The van der Waals surface area contributed by atoms with Gasteiger partial charge in [-0.2, -0.15) is 5.26 Å². The monoisotopic (exact) mass is 460 g/mol. The van der Waals surface area contributed by atoms with E-state index in [1.807, 2.05) is 6.07 Å². The zero-order chi connectivity index (χ0) is 23.9. The summed E-state index contributed by atoms with van der Waals surface area (Å²) < 4.78 is 42.9. The Labute approximate surface area is 189 Å². The molecule has 1 amide bonds. The third-order valence-corrected chi connectivity index (χ3v) is 7.04. The molecule has 0 aliphatic heterocycles. The van der Waals surface area contributed by atoms with Gasteiger partial charge < -0.3 is 14.2 Å². The van der Waals surface area contributed by atoms with E-state index in [4.69, 9.17) is 19.5 Å². The van der Waals surface area contributed by atoms with Crippen LogP contribution in [-0.2, 0) is 27.7 Å². The van der Waals surface area contributed by atoms with Crippen LogP contribution in [0, 0.1) is 11.3 Å². The molecule has 2 rings (SSSR count). The number of benzene rings is 2. The number of ether oxygens (including phenoxy) is 3. The molecule has 0 aliphatic carbocycles. The lowest BCUT2D eigenvalue weighted by molar-refractivity contribution is -0.117. The van der Waals surface area contributed by atoms with Crippen molar-refractivity contribution in [3.63, 3.8) is 0 Å². The minimum atomic E-state index is -3.92. The summed E-state index contributed by atoms with van der Waals surface area (Å²) in [5.74, 6) is 0.753. The molecule has 0 fully saturated rings. The third-order valence-electron chi connectivity index (χ3n) is 4.92. The Bertz CT molecular complexity index is 1090. The van der Waals surface area contributed by atoms with Crippen molar-refractivity contribution in [3.8, 4) is 23.3 Å². The van der Waals surface area contributed by atoms with Crippen LogP contribution in [-0.4, -0.2) is 40.9 Å². The Morgan fingerprint density at radius 2 is 1.62 bits per heavy atom. The van der Waals surface area contributed by atoms with Crippen LogP contribution in [0.4, 0.5) is 5.69 Å². The van der Waals surface area contributed by atoms with Gasteiger partial charge in [0.25, 0.3) is 0 Å². The molecule has 2 aromatic rings. The highest BCUT2D eigenvalue weighted by atomic mass is 32.2. The van der Waals surface area contributed by atoms with E-state index in [1.54, 1.807) is 36.4 Å². The summed E-state index contributed by atoms with van der Waals surface area (Å²) >= 11 is 0. The number of anilines is 1. The molecule has 9 heteroatoms. The van der Waals surface area contributed by atoms with E-state index in [1.165, 1.54) is 35.2 Å². The van der Waals surface area contributed by atoms with Gasteiger partial charge in [-0.15, -0.1) is 0 Å². The van der Waals surface area contributed by atoms with Crippen LogP contribution in [0.15, 0.2) is 36.4 Å². The quantitative estimate of drug-likeness (QED) is 0.534. The first-order valence-electron chi connectivity index (χ1n) is 10.0. The first-order valence-corrected chi connectivity index (χ1v) is 11.5. The predicted octanol–water partition coefficient (Wildman–Crippen LogP) is 3.48. The number of hydrogen-bond donors (Lipinski definition) is 0. The number of aryl methyl sites for hydroxylation is 1. The van der Waals surface area contributed by atoms with Gasteiger partial charge in [0.2, 0.25) is 21.7 Å². The minimum absolute atomic E-state index is 0.0717. The van der Waals surface area contributed by atoms with Gasteiger partial charge in [-0.1, -0.05) is 18.2 Å². The number of amides is 1. The van der Waals surface area contributed by atoms with Crippen molar-refractivity contribution in [2.24, 2.45) is 0 Å². The summed E-state index contributed by atoms with van der Waals surface area (Å²) in [7, 11) is 0.569. The van der Waals surface area contributed by atoms with E-state index in [9.17, 15) is 13.2 Å². The maximum atomic E-state index is 13.2. The number of rotatable bonds is 10. The Morgan fingerprint density at radius 1 is 1.00 bits per heavy atom. The van der Waals surface area contributed by atoms with Gasteiger partial charge in [-0.3, -0.25) is 4.79 Å². The normalized spacial score (nSPS) is 11.0. The molecule has 0 radical (unpaired) electrons. The molecule has 2 aromatic carbocycles. The zero-order valence-corrected chi connectivity index (χ0v) is 19.7. The molecule has 0 saturated carbocycles. The average Bonchev–Trinajstić information content (AvgIpc) is 2.78. The summed E-state index contributed by atoms with van der Waals surface area (Å²) in [4.78, 5) is 13.2. The van der Waals surface area contributed by atoms with Gasteiger partial charge in [0, 0.05) is 6.42 Å². The summed E-state index contributed by atoms with van der Waals surface area (Å²) in [6.07, 6.45) is 0.362. The van der Waals surface area contributed by atoms with Crippen LogP contribution >= 0.6 is 0 Å². The highest BCUT2D eigenvalue weighted by Gasteiger charge is 2.32. The van der Waals surface area contributed by atoms with Gasteiger partial charge in [0.05, 0.1) is 44.8 Å². The molecule has 0 unspecified atom stereocenters. The van der Waals surface area contributed by atoms with Crippen LogP contribution in [0.3, 0.4) is 0 Å². The molecule has 0 spiro atoms. The molecule has 0 bridgehead atoms. The smallest absolute Gasteiger partial charge is 0.244 e. The van der Waals surface area contributed by atoms with Gasteiger partial charge >= 0.3 is 0 Å². The first-order chi connectivity index (χ1) is 15.2. The highest BCUT2D eigenvalue weighted by molar-refractivity contribution is 7.94. The number of hydrogen-bond acceptors (Lipinski definition) is 7. The maximum Gasteiger partial charge on any atom is 0.244 e. The lowest BCUT2D eigenvalue weighted by atomic mass is 10.1. The second kappa shape index (κ2) is 10.9. The van der Waals surface area contributed by atoms with Gasteiger partial charge in [-0.25, -0.2) is 12.7 Å². The standard InChI is InChI=1S/C23H28N2O6S/c1-16(2)32(27,28)25(19-10-6-17(7-11-19)14-15-24)21(26)13-9-18-8-12-20(29-3)23(31-5)22(18)30-4/h6-8,10-12,16H,9,13-14H2,1-5H3. The summed E-state index contributed by atoms with van der Waals surface area (Å²) in [6.45, 7) is 3.05. The van der Waals surface area contributed by atoms with Crippen molar-refractivity contribution in [2.75, 3.05) is 25.6 Å². The van der Waals surface area contributed by atoms with Crippen LogP contribution in [0.1, 0.15) is 31.4 Å². The fraction of sp³-hybridized carbons (Fsp3) is 0.391. The van der Waals surface area contributed by atoms with E-state index < -0.39 is 21.2 Å². The molecule has 8 nitrogen and oxygen atoms in total. The molecule has 0 aliphatic rings. The molecule has 0 N–H and O–H groups in total. The Hall–Kier alpha value is -3.25. The van der Waals surface area contributed by atoms with E-state index in [-0.39, 0.29) is 24.9 Å². The van der Waals surface area contributed by atoms with Crippen molar-refractivity contribution in [1.82, 2.24) is 0 Å².